The standard InChI is InChI=1S/C17H24O.2C2H6/c1-11-8-9-14(10-12(11)2)17(7)15(4,5)16(17,6)13(3)18;2*1-2/h8-10H,1-7H3;2*1-2H3/t16-,17-;;/m1../s1. The fraction of sp³-hybridized carbons (Fsp3) is 0.667. The fourth-order valence-electron chi connectivity index (χ4n) is 3.84. The molecular weight excluding hydrogens is 268 g/mol. The van der Waals surface area contributed by atoms with Gasteiger partial charge in [0.25, 0.3) is 0 Å². The smallest absolute Gasteiger partial charge is 0.137 e. The predicted octanol–water partition coefficient (Wildman–Crippen LogP) is 6.25. The second-order valence-electron chi connectivity index (χ2n) is 6.73. The van der Waals surface area contributed by atoms with Crippen LogP contribution in [0.5, 0.6) is 0 Å². The predicted molar refractivity (Wildman–Crippen MR) is 98.5 cm³/mol. The molecule has 0 saturated heterocycles. The zero-order valence-corrected chi connectivity index (χ0v) is 16.6. The van der Waals surface area contributed by atoms with E-state index in [0.29, 0.717) is 5.78 Å². The maximum absolute atomic E-state index is 12.1. The number of hydrogen-bond donors (Lipinski definition) is 0. The van der Waals surface area contributed by atoms with Crippen LogP contribution in [0.15, 0.2) is 18.2 Å². The third kappa shape index (κ3) is 2.53. The van der Waals surface area contributed by atoms with Gasteiger partial charge in [-0.1, -0.05) is 73.6 Å². The molecular formula is C21H36O. The van der Waals surface area contributed by atoms with Crippen LogP contribution in [-0.4, -0.2) is 5.78 Å². The molecule has 1 aromatic rings. The molecule has 0 spiro atoms. The van der Waals surface area contributed by atoms with Crippen molar-refractivity contribution in [3.05, 3.63) is 34.9 Å². The highest BCUT2D eigenvalue weighted by Gasteiger charge is 2.79. The molecule has 0 bridgehead atoms. The minimum atomic E-state index is -0.248. The van der Waals surface area contributed by atoms with Crippen LogP contribution in [0.1, 0.15) is 79.0 Å². The molecule has 1 fully saturated rings. The maximum atomic E-state index is 12.1. The molecule has 1 heteroatoms. The van der Waals surface area contributed by atoms with E-state index in [1.807, 2.05) is 27.7 Å². The molecule has 0 aromatic heterocycles. The summed E-state index contributed by atoms with van der Waals surface area (Å²) < 4.78 is 0. The minimum absolute atomic E-state index is 0.0214. The number of ketones is 1. The lowest BCUT2D eigenvalue weighted by atomic mass is 9.85. The summed E-state index contributed by atoms with van der Waals surface area (Å²) in [5.41, 5.74) is 3.64. The van der Waals surface area contributed by atoms with E-state index in [-0.39, 0.29) is 16.2 Å². The summed E-state index contributed by atoms with van der Waals surface area (Å²) in [4.78, 5) is 12.1. The molecule has 2 rings (SSSR count). The zero-order chi connectivity index (χ0) is 17.9. The first-order valence-corrected chi connectivity index (χ1v) is 8.69. The number of Topliss-reactive ketones (excluding diaryl/α,β-unsaturated/α-hetero) is 1. The molecule has 1 aliphatic rings. The Morgan fingerprint density at radius 1 is 0.864 bits per heavy atom. The average Bonchev–Trinajstić information content (AvgIpc) is 2.87. The van der Waals surface area contributed by atoms with Crippen molar-refractivity contribution in [1.29, 1.82) is 0 Å². The van der Waals surface area contributed by atoms with Gasteiger partial charge in [-0.05, 0) is 42.9 Å². The van der Waals surface area contributed by atoms with Gasteiger partial charge < -0.3 is 0 Å². The third-order valence-electron chi connectivity index (χ3n) is 6.23. The zero-order valence-electron chi connectivity index (χ0n) is 16.6. The topological polar surface area (TPSA) is 17.1 Å². The monoisotopic (exact) mass is 304 g/mol. The van der Waals surface area contributed by atoms with E-state index >= 15 is 0 Å². The molecule has 1 nitrogen and oxygen atoms in total. The van der Waals surface area contributed by atoms with Gasteiger partial charge in [0.15, 0.2) is 0 Å². The van der Waals surface area contributed by atoms with Crippen LogP contribution in [0, 0.1) is 24.7 Å². The van der Waals surface area contributed by atoms with Crippen molar-refractivity contribution in [3.63, 3.8) is 0 Å². The summed E-state index contributed by atoms with van der Waals surface area (Å²) in [5, 5.41) is 0. The van der Waals surface area contributed by atoms with Gasteiger partial charge in [-0.3, -0.25) is 4.79 Å². The lowest BCUT2D eigenvalue weighted by Gasteiger charge is -2.18. The van der Waals surface area contributed by atoms with Crippen LogP contribution in [0.4, 0.5) is 0 Å². The first kappa shape index (κ1) is 20.9. The summed E-state index contributed by atoms with van der Waals surface area (Å²) in [7, 11) is 0. The van der Waals surface area contributed by atoms with Gasteiger partial charge in [-0.15, -0.1) is 0 Å². The van der Waals surface area contributed by atoms with E-state index in [0.717, 1.165) is 0 Å². The Bertz CT molecular complexity index is 527. The third-order valence-corrected chi connectivity index (χ3v) is 6.23. The fourth-order valence-corrected chi connectivity index (χ4v) is 3.84. The number of benzene rings is 1. The molecule has 1 saturated carbocycles. The van der Waals surface area contributed by atoms with Crippen molar-refractivity contribution in [3.8, 4) is 0 Å². The molecule has 1 aliphatic carbocycles. The second kappa shape index (κ2) is 6.98. The van der Waals surface area contributed by atoms with E-state index in [4.69, 9.17) is 0 Å². The Kier molecular flexibility index (Phi) is 6.63. The van der Waals surface area contributed by atoms with Gasteiger partial charge in [0.1, 0.15) is 5.78 Å². The quantitative estimate of drug-likeness (QED) is 0.631. The second-order valence-corrected chi connectivity index (χ2v) is 6.73. The summed E-state index contributed by atoms with van der Waals surface area (Å²) in [6.07, 6.45) is 0. The highest BCUT2D eigenvalue weighted by molar-refractivity contribution is 5.90. The van der Waals surface area contributed by atoms with Crippen molar-refractivity contribution in [2.45, 2.75) is 81.6 Å². The number of carbonyl (C=O) groups excluding carboxylic acids is 1. The van der Waals surface area contributed by atoms with Crippen LogP contribution in [0.3, 0.4) is 0 Å². The number of hydrogen-bond acceptors (Lipinski definition) is 1. The first-order chi connectivity index (χ1) is 10.1. The van der Waals surface area contributed by atoms with Crippen molar-refractivity contribution in [2.24, 2.45) is 10.8 Å². The van der Waals surface area contributed by atoms with Crippen molar-refractivity contribution < 1.29 is 4.79 Å². The molecule has 22 heavy (non-hydrogen) atoms. The van der Waals surface area contributed by atoms with Crippen LogP contribution in [0.2, 0.25) is 0 Å². The molecule has 126 valence electrons. The van der Waals surface area contributed by atoms with E-state index in [2.05, 4.69) is 59.7 Å². The minimum Gasteiger partial charge on any atom is -0.299 e. The summed E-state index contributed by atoms with van der Waals surface area (Å²) in [6.45, 7) is 22.8. The van der Waals surface area contributed by atoms with E-state index in [9.17, 15) is 4.79 Å². The molecule has 0 N–H and O–H groups in total. The van der Waals surface area contributed by atoms with Crippen LogP contribution >= 0.6 is 0 Å². The highest BCUT2D eigenvalue weighted by atomic mass is 16.1. The lowest BCUT2D eigenvalue weighted by molar-refractivity contribution is -0.122. The van der Waals surface area contributed by atoms with Crippen molar-refractivity contribution in [2.75, 3.05) is 0 Å². The van der Waals surface area contributed by atoms with Gasteiger partial charge in [0.05, 0.1) is 0 Å². The Morgan fingerprint density at radius 2 is 1.32 bits per heavy atom. The van der Waals surface area contributed by atoms with Gasteiger partial charge in [0.2, 0.25) is 0 Å². The largest absolute Gasteiger partial charge is 0.299 e. The van der Waals surface area contributed by atoms with Gasteiger partial charge in [-0.2, -0.15) is 0 Å². The summed E-state index contributed by atoms with van der Waals surface area (Å²) in [6, 6.07) is 6.62. The Hall–Kier alpha value is -1.11. The van der Waals surface area contributed by atoms with E-state index in [1.165, 1.54) is 16.7 Å². The first-order valence-electron chi connectivity index (χ1n) is 8.69. The van der Waals surface area contributed by atoms with Gasteiger partial charge >= 0.3 is 0 Å². The van der Waals surface area contributed by atoms with Gasteiger partial charge in [-0.25, -0.2) is 0 Å². The van der Waals surface area contributed by atoms with Crippen LogP contribution in [-0.2, 0) is 10.2 Å². The molecule has 0 amide bonds. The van der Waals surface area contributed by atoms with Crippen LogP contribution in [0.25, 0.3) is 0 Å². The molecule has 1 aromatic carbocycles. The molecule has 0 radical (unpaired) electrons. The molecule has 0 unspecified atom stereocenters. The SMILES string of the molecule is CC.CC.CC(=O)[C@]1(C)C(C)(C)[C@@]1(C)c1ccc(C)c(C)c1. The van der Waals surface area contributed by atoms with Crippen molar-refractivity contribution in [1.82, 2.24) is 0 Å². The van der Waals surface area contributed by atoms with Crippen LogP contribution < -0.4 is 0 Å². The van der Waals surface area contributed by atoms with E-state index in [1.54, 1.807) is 6.92 Å². The maximum Gasteiger partial charge on any atom is 0.137 e. The van der Waals surface area contributed by atoms with Gasteiger partial charge in [0, 0.05) is 10.8 Å². The molecule has 0 aliphatic heterocycles. The number of carbonyl (C=O) groups is 1. The summed E-state index contributed by atoms with van der Waals surface area (Å²) >= 11 is 0. The molecule has 0 heterocycles. The van der Waals surface area contributed by atoms with Crippen molar-refractivity contribution >= 4 is 5.78 Å². The van der Waals surface area contributed by atoms with E-state index < -0.39 is 0 Å². The Labute approximate surface area is 138 Å². The molecule has 2 atom stereocenters. The Morgan fingerprint density at radius 3 is 1.64 bits per heavy atom. The normalized spacial score (nSPS) is 27.8. The number of rotatable bonds is 2. The Balaban J connectivity index is 0.00000102. The highest BCUT2D eigenvalue weighted by Crippen LogP contribution is 2.78. The number of aryl methyl sites for hydroxylation is 2. The average molecular weight is 305 g/mol. The summed E-state index contributed by atoms with van der Waals surface area (Å²) in [5.74, 6) is 0.299. The lowest BCUT2D eigenvalue weighted by Crippen LogP contribution is -2.19.